The third kappa shape index (κ3) is 4.29. The van der Waals surface area contributed by atoms with Gasteiger partial charge in [-0.15, -0.1) is 0 Å². The molecule has 0 saturated heterocycles. The molecule has 2 rings (SSSR count). The van der Waals surface area contributed by atoms with Crippen LogP contribution in [0.3, 0.4) is 0 Å². The lowest BCUT2D eigenvalue weighted by Crippen LogP contribution is -2.21. The van der Waals surface area contributed by atoms with Gasteiger partial charge >= 0.3 is 6.01 Å². The van der Waals surface area contributed by atoms with Gasteiger partial charge in [-0.25, -0.2) is 9.97 Å². The largest absolute Gasteiger partial charge is 0.424 e. The number of aromatic nitrogens is 2. The molecule has 1 aromatic heterocycles. The first-order valence-corrected chi connectivity index (χ1v) is 6.96. The summed E-state index contributed by atoms with van der Waals surface area (Å²) in [6.07, 6.45) is 5.25. The molecular weight excluding hydrogens is 306 g/mol. The third-order valence-electron chi connectivity index (χ3n) is 2.71. The maximum absolute atomic E-state index is 5.89. The maximum Gasteiger partial charge on any atom is 0.321 e. The normalized spacial score (nSPS) is 12.2. The Bertz CT molecular complexity index is 530. The molecule has 0 fully saturated rings. The molecule has 100 valence electrons. The van der Waals surface area contributed by atoms with E-state index in [1.165, 1.54) is 0 Å². The molecule has 2 N–H and O–H groups in total. The maximum atomic E-state index is 5.89. The molecule has 1 unspecified atom stereocenters. The zero-order chi connectivity index (χ0) is 13.7. The van der Waals surface area contributed by atoms with Crippen LogP contribution < -0.4 is 10.5 Å². The Morgan fingerprint density at radius 2 is 2.05 bits per heavy atom. The smallest absolute Gasteiger partial charge is 0.321 e. The quantitative estimate of drug-likeness (QED) is 0.917. The zero-order valence-electron chi connectivity index (χ0n) is 10.7. The van der Waals surface area contributed by atoms with Crippen molar-refractivity contribution < 1.29 is 4.74 Å². The fourth-order valence-electron chi connectivity index (χ4n) is 1.58. The van der Waals surface area contributed by atoms with Crippen molar-refractivity contribution >= 4 is 15.9 Å². The van der Waals surface area contributed by atoms with E-state index in [4.69, 9.17) is 10.5 Å². The van der Waals surface area contributed by atoms with Gasteiger partial charge in [0.15, 0.2) is 0 Å². The number of hydrogen-bond acceptors (Lipinski definition) is 4. The number of hydrogen-bond donors (Lipinski definition) is 1. The molecule has 1 heterocycles. The number of rotatable bonds is 5. The predicted octanol–water partition coefficient (Wildman–Crippen LogP) is 3.31. The summed E-state index contributed by atoms with van der Waals surface area (Å²) >= 11 is 3.39. The van der Waals surface area contributed by atoms with Crippen molar-refractivity contribution in [2.45, 2.75) is 25.8 Å². The van der Waals surface area contributed by atoms with Crippen LogP contribution in [0.25, 0.3) is 0 Å². The van der Waals surface area contributed by atoms with Crippen LogP contribution in [0.1, 0.15) is 18.9 Å². The van der Waals surface area contributed by atoms with E-state index in [9.17, 15) is 0 Å². The monoisotopic (exact) mass is 321 g/mol. The van der Waals surface area contributed by atoms with Gasteiger partial charge in [-0.2, -0.15) is 0 Å². The van der Waals surface area contributed by atoms with Gasteiger partial charge in [-0.1, -0.05) is 28.9 Å². The average Bonchev–Trinajstić information content (AvgIpc) is 2.41. The molecule has 0 saturated carbocycles. The summed E-state index contributed by atoms with van der Waals surface area (Å²) < 4.78 is 6.52. The first-order valence-electron chi connectivity index (χ1n) is 6.17. The van der Waals surface area contributed by atoms with Crippen molar-refractivity contribution in [1.29, 1.82) is 0 Å². The first-order chi connectivity index (χ1) is 9.17. The van der Waals surface area contributed by atoms with Gasteiger partial charge in [0.05, 0.1) is 0 Å². The average molecular weight is 322 g/mol. The Kier molecular flexibility index (Phi) is 4.87. The second-order valence-electron chi connectivity index (χ2n) is 4.31. The molecule has 0 radical (unpaired) electrons. The Labute approximate surface area is 121 Å². The van der Waals surface area contributed by atoms with Crippen molar-refractivity contribution in [3.05, 3.63) is 46.7 Å². The summed E-state index contributed by atoms with van der Waals surface area (Å²) in [5.41, 5.74) is 6.92. The van der Waals surface area contributed by atoms with Crippen molar-refractivity contribution in [2.75, 3.05) is 0 Å². The molecule has 0 aliphatic carbocycles. The first kappa shape index (κ1) is 14.0. The van der Waals surface area contributed by atoms with E-state index in [0.29, 0.717) is 11.8 Å². The van der Waals surface area contributed by atoms with Crippen LogP contribution in [0.5, 0.6) is 11.8 Å². The molecular formula is C14H16BrN3O. The van der Waals surface area contributed by atoms with Gasteiger partial charge in [0.2, 0.25) is 0 Å². The number of benzene rings is 1. The molecule has 0 amide bonds. The van der Waals surface area contributed by atoms with Crippen LogP contribution in [-0.2, 0) is 6.42 Å². The van der Waals surface area contributed by atoms with Crippen LogP contribution in [-0.4, -0.2) is 16.0 Å². The molecule has 0 bridgehead atoms. The second-order valence-corrected chi connectivity index (χ2v) is 5.22. The highest BCUT2D eigenvalue weighted by atomic mass is 79.9. The summed E-state index contributed by atoms with van der Waals surface area (Å²) in [5.74, 6) is 0.701. The highest BCUT2D eigenvalue weighted by Crippen LogP contribution is 2.21. The Hall–Kier alpha value is -1.46. The van der Waals surface area contributed by atoms with Crippen LogP contribution >= 0.6 is 15.9 Å². The molecule has 1 aromatic carbocycles. The fourth-order valence-corrected chi connectivity index (χ4v) is 1.96. The Balaban J connectivity index is 2.02. The van der Waals surface area contributed by atoms with Crippen LogP contribution in [0.4, 0.5) is 0 Å². The van der Waals surface area contributed by atoms with Crippen molar-refractivity contribution in [1.82, 2.24) is 9.97 Å². The van der Waals surface area contributed by atoms with Gasteiger partial charge in [-0.05, 0) is 36.6 Å². The van der Waals surface area contributed by atoms with Crippen LogP contribution in [0.15, 0.2) is 41.1 Å². The van der Waals surface area contributed by atoms with Gasteiger partial charge in [0.25, 0.3) is 0 Å². The lowest BCUT2D eigenvalue weighted by atomic mass is 10.1. The summed E-state index contributed by atoms with van der Waals surface area (Å²) in [7, 11) is 0. The highest BCUT2D eigenvalue weighted by molar-refractivity contribution is 9.10. The molecule has 19 heavy (non-hydrogen) atoms. The zero-order valence-corrected chi connectivity index (χ0v) is 12.3. The van der Waals surface area contributed by atoms with Gasteiger partial charge in [0.1, 0.15) is 5.75 Å². The fraction of sp³-hybridized carbons (Fsp3) is 0.286. The lowest BCUT2D eigenvalue weighted by molar-refractivity contribution is 0.440. The molecule has 0 spiro atoms. The number of nitrogens with zero attached hydrogens (tertiary/aromatic N) is 2. The third-order valence-corrected chi connectivity index (χ3v) is 3.20. The number of nitrogens with two attached hydrogens (primary N) is 1. The molecule has 4 nitrogen and oxygen atoms in total. The summed E-state index contributed by atoms with van der Waals surface area (Å²) in [5, 5.41) is 0. The van der Waals surface area contributed by atoms with Gasteiger partial charge < -0.3 is 10.5 Å². The van der Waals surface area contributed by atoms with Crippen molar-refractivity contribution in [3.63, 3.8) is 0 Å². The molecule has 2 aromatic rings. The van der Waals surface area contributed by atoms with E-state index in [1.807, 2.05) is 24.3 Å². The highest BCUT2D eigenvalue weighted by Gasteiger charge is 2.04. The minimum atomic E-state index is 0.153. The van der Waals surface area contributed by atoms with Crippen molar-refractivity contribution in [2.24, 2.45) is 5.73 Å². The number of halogens is 1. The SMILES string of the molecule is CCC(N)Cc1cnc(Oc2cccc(Br)c2)nc1. The predicted molar refractivity (Wildman–Crippen MR) is 78.2 cm³/mol. The summed E-state index contributed by atoms with van der Waals surface area (Å²) in [6.45, 7) is 2.07. The van der Waals surface area contributed by atoms with Crippen LogP contribution in [0.2, 0.25) is 0 Å². The van der Waals surface area contributed by atoms with Gasteiger partial charge in [0, 0.05) is 22.9 Å². The minimum absolute atomic E-state index is 0.153. The van der Waals surface area contributed by atoms with E-state index >= 15 is 0 Å². The van der Waals surface area contributed by atoms with Crippen LogP contribution in [0, 0.1) is 0 Å². The van der Waals surface area contributed by atoms with Gasteiger partial charge in [-0.3, -0.25) is 0 Å². The Morgan fingerprint density at radius 3 is 2.68 bits per heavy atom. The Morgan fingerprint density at radius 1 is 1.32 bits per heavy atom. The van der Waals surface area contributed by atoms with E-state index in [0.717, 1.165) is 22.9 Å². The standard InChI is InChI=1S/C14H16BrN3O/c1-2-12(16)6-10-8-17-14(18-9-10)19-13-5-3-4-11(15)7-13/h3-5,7-9,12H,2,6,16H2,1H3. The molecule has 1 atom stereocenters. The summed E-state index contributed by atoms with van der Waals surface area (Å²) in [4.78, 5) is 8.37. The van der Waals surface area contributed by atoms with Crippen molar-refractivity contribution in [3.8, 4) is 11.8 Å². The summed E-state index contributed by atoms with van der Waals surface area (Å²) in [6, 6.07) is 8.04. The van der Waals surface area contributed by atoms with E-state index in [-0.39, 0.29) is 6.04 Å². The molecule has 0 aliphatic rings. The van der Waals surface area contributed by atoms with E-state index < -0.39 is 0 Å². The lowest BCUT2D eigenvalue weighted by Gasteiger charge is -2.08. The van der Waals surface area contributed by atoms with E-state index in [1.54, 1.807) is 12.4 Å². The van der Waals surface area contributed by atoms with E-state index in [2.05, 4.69) is 32.8 Å². The molecule has 5 heteroatoms. The second kappa shape index (κ2) is 6.63. The topological polar surface area (TPSA) is 61.0 Å². The molecule has 0 aliphatic heterocycles. The minimum Gasteiger partial charge on any atom is -0.424 e. The number of ether oxygens (including phenoxy) is 1.